The van der Waals surface area contributed by atoms with Crippen LogP contribution in [0.1, 0.15) is 31.8 Å². The van der Waals surface area contributed by atoms with Gasteiger partial charge >= 0.3 is 5.97 Å². The number of ketones is 1. The van der Waals surface area contributed by atoms with E-state index in [-0.39, 0.29) is 22.9 Å². The molecule has 0 fully saturated rings. The van der Waals surface area contributed by atoms with Crippen molar-refractivity contribution >= 4 is 17.8 Å². The van der Waals surface area contributed by atoms with Crippen molar-refractivity contribution in [3.63, 3.8) is 0 Å². The molecule has 0 unspecified atom stereocenters. The van der Waals surface area contributed by atoms with Gasteiger partial charge in [-0.1, -0.05) is 42.5 Å². The standard InChI is InChI=1S/C25H17FO4/c1-16-21(30-25(28)18-10-12-19(26)13-11-18)15-14-20-23(27)22(29-24(16)20)9-5-8-17-6-3-2-4-7-17/h2-15H,1H3/b8-5+,22-9-. The fraction of sp³-hybridized carbons (Fsp3) is 0.0400. The molecular formula is C25H17FO4. The van der Waals surface area contributed by atoms with Gasteiger partial charge in [0.2, 0.25) is 5.78 Å². The van der Waals surface area contributed by atoms with Gasteiger partial charge in [0.25, 0.3) is 0 Å². The van der Waals surface area contributed by atoms with Crippen LogP contribution < -0.4 is 9.47 Å². The quantitative estimate of drug-likeness (QED) is 0.328. The number of Topliss-reactive ketones (excluding diaryl/α,β-unsaturated/α-hetero) is 1. The van der Waals surface area contributed by atoms with Gasteiger partial charge in [0.15, 0.2) is 5.76 Å². The Morgan fingerprint density at radius 2 is 1.73 bits per heavy atom. The highest BCUT2D eigenvalue weighted by Gasteiger charge is 2.30. The number of ether oxygens (including phenoxy) is 2. The zero-order valence-corrected chi connectivity index (χ0v) is 16.1. The fourth-order valence-corrected chi connectivity index (χ4v) is 3.05. The van der Waals surface area contributed by atoms with Gasteiger partial charge in [-0.15, -0.1) is 0 Å². The monoisotopic (exact) mass is 400 g/mol. The molecule has 5 heteroatoms. The van der Waals surface area contributed by atoms with E-state index < -0.39 is 11.8 Å². The average molecular weight is 400 g/mol. The highest BCUT2D eigenvalue weighted by atomic mass is 19.1. The zero-order chi connectivity index (χ0) is 21.1. The van der Waals surface area contributed by atoms with Crippen LogP contribution >= 0.6 is 0 Å². The third-order valence-electron chi connectivity index (χ3n) is 4.66. The second-order valence-corrected chi connectivity index (χ2v) is 6.69. The maximum absolute atomic E-state index is 13.0. The van der Waals surface area contributed by atoms with Crippen LogP contribution in [0.3, 0.4) is 0 Å². The van der Waals surface area contributed by atoms with E-state index in [0.29, 0.717) is 16.9 Å². The molecule has 0 radical (unpaired) electrons. The van der Waals surface area contributed by atoms with Gasteiger partial charge in [0.05, 0.1) is 11.1 Å². The van der Waals surface area contributed by atoms with Crippen molar-refractivity contribution in [2.45, 2.75) is 6.92 Å². The van der Waals surface area contributed by atoms with Gasteiger partial charge in [-0.25, -0.2) is 9.18 Å². The summed E-state index contributed by atoms with van der Waals surface area (Å²) in [6.45, 7) is 1.71. The molecule has 1 aliphatic rings. The predicted molar refractivity (Wildman–Crippen MR) is 111 cm³/mol. The highest BCUT2D eigenvalue weighted by Crippen LogP contribution is 2.39. The molecule has 0 N–H and O–H groups in total. The molecule has 0 amide bonds. The third kappa shape index (κ3) is 3.91. The number of carbonyl (C=O) groups excluding carboxylic acids is 2. The summed E-state index contributed by atoms with van der Waals surface area (Å²) in [6.07, 6.45) is 5.23. The van der Waals surface area contributed by atoms with Gasteiger partial charge in [-0.2, -0.15) is 0 Å². The summed E-state index contributed by atoms with van der Waals surface area (Å²) in [5.74, 6) is -0.457. The molecule has 0 atom stereocenters. The van der Waals surface area contributed by atoms with Crippen LogP contribution in [0.5, 0.6) is 11.5 Å². The van der Waals surface area contributed by atoms with E-state index >= 15 is 0 Å². The molecule has 4 nitrogen and oxygen atoms in total. The van der Waals surface area contributed by atoms with Crippen LogP contribution in [0.25, 0.3) is 6.08 Å². The van der Waals surface area contributed by atoms with Crippen LogP contribution in [0.4, 0.5) is 4.39 Å². The first-order valence-corrected chi connectivity index (χ1v) is 9.30. The van der Waals surface area contributed by atoms with Crippen molar-refractivity contribution in [2.75, 3.05) is 0 Å². The van der Waals surface area contributed by atoms with E-state index in [2.05, 4.69) is 0 Å². The van der Waals surface area contributed by atoms with Gasteiger partial charge in [0, 0.05) is 5.56 Å². The van der Waals surface area contributed by atoms with Crippen LogP contribution in [-0.2, 0) is 0 Å². The minimum absolute atomic E-state index is 0.197. The lowest BCUT2D eigenvalue weighted by Crippen LogP contribution is -2.09. The topological polar surface area (TPSA) is 52.6 Å². The maximum Gasteiger partial charge on any atom is 0.343 e. The maximum atomic E-state index is 13.0. The Balaban J connectivity index is 1.54. The minimum Gasteiger partial charge on any atom is -0.452 e. The summed E-state index contributed by atoms with van der Waals surface area (Å²) in [5, 5.41) is 0. The summed E-state index contributed by atoms with van der Waals surface area (Å²) in [7, 11) is 0. The number of esters is 1. The molecule has 0 spiro atoms. The van der Waals surface area contributed by atoms with Crippen molar-refractivity contribution in [1.82, 2.24) is 0 Å². The SMILES string of the molecule is Cc1c(OC(=O)c2ccc(F)cc2)ccc2c1O/C(=C\C=C\c1ccccc1)C2=O. The average Bonchev–Trinajstić information content (AvgIpc) is 3.08. The lowest BCUT2D eigenvalue weighted by molar-refractivity contribution is 0.0733. The highest BCUT2D eigenvalue weighted by molar-refractivity contribution is 6.13. The summed E-state index contributed by atoms with van der Waals surface area (Å²) < 4.78 is 24.2. The Morgan fingerprint density at radius 1 is 1.00 bits per heavy atom. The van der Waals surface area contributed by atoms with Crippen LogP contribution in [0, 0.1) is 12.7 Å². The Labute approximate surface area is 172 Å². The molecule has 4 rings (SSSR count). The largest absolute Gasteiger partial charge is 0.452 e. The van der Waals surface area contributed by atoms with E-state index in [0.717, 1.165) is 5.56 Å². The van der Waals surface area contributed by atoms with Gasteiger partial charge < -0.3 is 9.47 Å². The smallest absolute Gasteiger partial charge is 0.343 e. The lowest BCUT2D eigenvalue weighted by atomic mass is 10.1. The normalized spacial score (nSPS) is 14.1. The minimum atomic E-state index is -0.621. The molecule has 3 aromatic rings. The number of hydrogen-bond acceptors (Lipinski definition) is 4. The van der Waals surface area contributed by atoms with E-state index in [1.165, 1.54) is 24.3 Å². The van der Waals surface area contributed by atoms with Gasteiger partial charge in [-0.05, 0) is 55.0 Å². The number of rotatable bonds is 4. The van der Waals surface area contributed by atoms with Crippen molar-refractivity contribution in [3.8, 4) is 11.5 Å². The van der Waals surface area contributed by atoms with E-state index in [9.17, 15) is 14.0 Å². The first kappa shape index (κ1) is 19.3. The molecule has 0 bridgehead atoms. The second-order valence-electron chi connectivity index (χ2n) is 6.69. The summed E-state index contributed by atoms with van der Waals surface area (Å²) in [6, 6.07) is 17.9. The van der Waals surface area contributed by atoms with Crippen molar-refractivity contribution in [3.05, 3.63) is 113 Å². The van der Waals surface area contributed by atoms with E-state index in [4.69, 9.17) is 9.47 Å². The summed E-state index contributed by atoms with van der Waals surface area (Å²) in [4.78, 5) is 24.9. The number of allylic oxidation sites excluding steroid dienone is 3. The number of carbonyl (C=O) groups is 2. The van der Waals surface area contributed by atoms with E-state index in [1.54, 1.807) is 31.2 Å². The number of hydrogen-bond donors (Lipinski definition) is 0. The molecule has 30 heavy (non-hydrogen) atoms. The molecule has 0 saturated carbocycles. The Bertz CT molecular complexity index is 1180. The summed E-state index contributed by atoms with van der Waals surface area (Å²) in [5.41, 5.74) is 2.17. The second kappa shape index (κ2) is 8.17. The Kier molecular flexibility index (Phi) is 5.26. The van der Waals surface area contributed by atoms with Crippen molar-refractivity contribution < 1.29 is 23.5 Å². The van der Waals surface area contributed by atoms with E-state index in [1.807, 2.05) is 36.4 Å². The molecule has 1 heterocycles. The first-order chi connectivity index (χ1) is 14.5. The molecule has 0 saturated heterocycles. The number of halogens is 1. The molecule has 148 valence electrons. The van der Waals surface area contributed by atoms with Gasteiger partial charge in [0.1, 0.15) is 17.3 Å². The molecular weight excluding hydrogens is 383 g/mol. The van der Waals surface area contributed by atoms with Crippen LogP contribution in [-0.4, -0.2) is 11.8 Å². The summed E-state index contributed by atoms with van der Waals surface area (Å²) >= 11 is 0. The Morgan fingerprint density at radius 3 is 2.47 bits per heavy atom. The van der Waals surface area contributed by atoms with Gasteiger partial charge in [-0.3, -0.25) is 4.79 Å². The molecule has 3 aromatic carbocycles. The number of fused-ring (bicyclic) bond motifs is 1. The third-order valence-corrected chi connectivity index (χ3v) is 4.66. The molecule has 0 aliphatic carbocycles. The van der Waals surface area contributed by atoms with Crippen molar-refractivity contribution in [2.24, 2.45) is 0 Å². The lowest BCUT2D eigenvalue weighted by Gasteiger charge is -2.10. The first-order valence-electron chi connectivity index (χ1n) is 9.30. The molecule has 1 aliphatic heterocycles. The number of benzene rings is 3. The predicted octanol–water partition coefficient (Wildman–Crippen LogP) is 5.53. The van der Waals surface area contributed by atoms with Crippen molar-refractivity contribution in [1.29, 1.82) is 0 Å². The zero-order valence-electron chi connectivity index (χ0n) is 16.1. The molecule has 0 aromatic heterocycles. The van der Waals surface area contributed by atoms with Crippen LogP contribution in [0.2, 0.25) is 0 Å². The fourth-order valence-electron chi connectivity index (χ4n) is 3.05. The van der Waals surface area contributed by atoms with Crippen LogP contribution in [0.15, 0.2) is 84.6 Å². The Hall–Kier alpha value is -3.99.